The van der Waals surface area contributed by atoms with Gasteiger partial charge in [-0.3, -0.25) is 0 Å². The molecule has 3 nitrogen and oxygen atoms in total. The van der Waals surface area contributed by atoms with Gasteiger partial charge in [0.15, 0.2) is 11.5 Å². The van der Waals surface area contributed by atoms with Crippen LogP contribution in [-0.2, 0) is 6.54 Å². The Kier molecular flexibility index (Phi) is 3.45. The van der Waals surface area contributed by atoms with Crippen molar-refractivity contribution >= 4 is 12.4 Å². The van der Waals surface area contributed by atoms with E-state index in [0.29, 0.717) is 5.56 Å². The number of alkyl halides is 4. The van der Waals surface area contributed by atoms with E-state index in [2.05, 4.69) is 9.47 Å². The van der Waals surface area contributed by atoms with E-state index in [1.165, 1.54) is 6.07 Å². The maximum absolute atomic E-state index is 12.8. The number of halogens is 5. The Balaban J connectivity index is 0.00000144. The second kappa shape index (κ2) is 4.23. The molecule has 0 bridgehead atoms. The molecule has 0 spiro atoms. The number of hydrogen-bond donors (Lipinski definition) is 1. The van der Waals surface area contributed by atoms with E-state index in [-0.39, 0.29) is 19.0 Å². The van der Waals surface area contributed by atoms with Gasteiger partial charge in [-0.15, -0.1) is 12.4 Å². The second-order valence-corrected chi connectivity index (χ2v) is 3.22. The predicted octanol–water partition coefficient (Wildman–Crippen LogP) is 2.52. The molecule has 0 aliphatic carbocycles. The fourth-order valence-corrected chi connectivity index (χ4v) is 1.24. The van der Waals surface area contributed by atoms with Crippen molar-refractivity contribution in [2.24, 2.45) is 5.73 Å². The number of fused-ring (bicyclic) bond motifs is 1. The Labute approximate surface area is 99.9 Å². The van der Waals surface area contributed by atoms with Crippen LogP contribution in [0.1, 0.15) is 5.56 Å². The first-order valence-electron chi connectivity index (χ1n) is 4.32. The van der Waals surface area contributed by atoms with Gasteiger partial charge in [0, 0.05) is 6.54 Å². The van der Waals surface area contributed by atoms with Crippen molar-refractivity contribution in [2.75, 3.05) is 0 Å². The van der Waals surface area contributed by atoms with Gasteiger partial charge in [-0.2, -0.15) is 17.6 Å². The normalized spacial score (nSPS) is 19.4. The van der Waals surface area contributed by atoms with Crippen molar-refractivity contribution in [3.8, 4) is 11.5 Å². The van der Waals surface area contributed by atoms with Crippen LogP contribution in [0.25, 0.3) is 0 Å². The average Bonchev–Trinajstić information content (AvgIpc) is 2.18. The monoisotopic (exact) mass is 273 g/mol. The van der Waals surface area contributed by atoms with E-state index in [1.807, 2.05) is 0 Å². The molecule has 0 aromatic heterocycles. The van der Waals surface area contributed by atoms with Crippen LogP contribution in [0.15, 0.2) is 18.2 Å². The summed E-state index contributed by atoms with van der Waals surface area (Å²) in [5, 5.41) is 0. The predicted molar refractivity (Wildman–Crippen MR) is 52.7 cm³/mol. The highest BCUT2D eigenvalue weighted by Gasteiger charge is 2.65. The highest BCUT2D eigenvalue weighted by molar-refractivity contribution is 5.85. The third-order valence-electron chi connectivity index (χ3n) is 2.06. The molecule has 0 radical (unpaired) electrons. The van der Waals surface area contributed by atoms with Crippen molar-refractivity contribution in [2.45, 2.75) is 18.8 Å². The third-order valence-corrected chi connectivity index (χ3v) is 2.06. The minimum Gasteiger partial charge on any atom is -0.421 e. The fraction of sp³-hybridized carbons (Fsp3) is 0.333. The molecule has 1 aliphatic rings. The molecule has 2 rings (SSSR count). The van der Waals surface area contributed by atoms with Gasteiger partial charge < -0.3 is 15.2 Å². The number of rotatable bonds is 1. The Morgan fingerprint density at radius 3 is 2.06 bits per heavy atom. The molecule has 0 amide bonds. The lowest BCUT2D eigenvalue weighted by Crippen LogP contribution is -2.52. The minimum absolute atomic E-state index is 0. The molecule has 96 valence electrons. The topological polar surface area (TPSA) is 44.5 Å². The Bertz CT molecular complexity index is 427. The number of hydrogen-bond acceptors (Lipinski definition) is 3. The highest BCUT2D eigenvalue weighted by Crippen LogP contribution is 2.46. The van der Waals surface area contributed by atoms with Crippen LogP contribution in [0, 0.1) is 0 Å². The van der Waals surface area contributed by atoms with Crippen LogP contribution in [0.4, 0.5) is 17.6 Å². The maximum Gasteiger partial charge on any atom is 0.507 e. The summed E-state index contributed by atoms with van der Waals surface area (Å²) >= 11 is 0. The van der Waals surface area contributed by atoms with Crippen molar-refractivity contribution in [1.29, 1.82) is 0 Å². The molecule has 0 fully saturated rings. The summed E-state index contributed by atoms with van der Waals surface area (Å²) in [4.78, 5) is 0. The van der Waals surface area contributed by atoms with Crippen LogP contribution < -0.4 is 15.2 Å². The van der Waals surface area contributed by atoms with E-state index in [1.54, 1.807) is 0 Å². The molecule has 2 N–H and O–H groups in total. The summed E-state index contributed by atoms with van der Waals surface area (Å²) in [5.41, 5.74) is 5.75. The summed E-state index contributed by atoms with van der Waals surface area (Å²) in [6, 6.07) is 3.64. The first kappa shape index (κ1) is 13.9. The lowest BCUT2D eigenvalue weighted by atomic mass is 10.2. The molecule has 1 aliphatic heterocycles. The standard InChI is InChI=1S/C9H7F4NO2.ClH/c10-8(11)9(12,13)16-7-3-5(4-14)1-2-6(7)15-8;/h1-3H,4,14H2;1H. The smallest absolute Gasteiger partial charge is 0.421 e. The maximum atomic E-state index is 12.8. The van der Waals surface area contributed by atoms with E-state index in [9.17, 15) is 17.6 Å². The molecule has 0 unspecified atom stereocenters. The van der Waals surface area contributed by atoms with E-state index in [4.69, 9.17) is 5.73 Å². The molecule has 0 saturated carbocycles. The van der Waals surface area contributed by atoms with Gasteiger partial charge in [-0.25, -0.2) is 0 Å². The lowest BCUT2D eigenvalue weighted by Gasteiger charge is -2.31. The molecule has 17 heavy (non-hydrogen) atoms. The summed E-state index contributed by atoms with van der Waals surface area (Å²) in [7, 11) is 0. The van der Waals surface area contributed by atoms with Crippen LogP contribution in [-0.4, -0.2) is 12.2 Å². The SMILES string of the molecule is Cl.NCc1ccc2c(c1)OC(F)(F)C(F)(F)O2. The molecular formula is C9H8ClF4NO2. The highest BCUT2D eigenvalue weighted by atomic mass is 35.5. The molecular weight excluding hydrogens is 266 g/mol. The van der Waals surface area contributed by atoms with E-state index < -0.39 is 23.7 Å². The van der Waals surface area contributed by atoms with Gasteiger partial charge >= 0.3 is 12.2 Å². The fourth-order valence-electron chi connectivity index (χ4n) is 1.24. The number of nitrogens with two attached hydrogens (primary N) is 1. The zero-order valence-corrected chi connectivity index (χ0v) is 9.07. The molecule has 0 saturated heterocycles. The first-order chi connectivity index (χ1) is 7.36. The van der Waals surface area contributed by atoms with Crippen LogP contribution in [0.3, 0.4) is 0 Å². The Morgan fingerprint density at radius 1 is 1.00 bits per heavy atom. The van der Waals surface area contributed by atoms with Gasteiger partial charge in [0.1, 0.15) is 0 Å². The van der Waals surface area contributed by atoms with Crippen LogP contribution in [0.2, 0.25) is 0 Å². The van der Waals surface area contributed by atoms with Gasteiger partial charge in [-0.05, 0) is 17.7 Å². The molecule has 0 atom stereocenters. The van der Waals surface area contributed by atoms with Gasteiger partial charge in [0.2, 0.25) is 0 Å². The van der Waals surface area contributed by atoms with Crippen molar-refractivity contribution < 1.29 is 27.0 Å². The summed E-state index contributed by atoms with van der Waals surface area (Å²) in [5.74, 6) is -0.882. The van der Waals surface area contributed by atoms with Crippen molar-refractivity contribution in [3.63, 3.8) is 0 Å². The average molecular weight is 274 g/mol. The molecule has 1 heterocycles. The number of benzene rings is 1. The zero-order valence-electron chi connectivity index (χ0n) is 8.25. The number of ether oxygens (including phenoxy) is 2. The van der Waals surface area contributed by atoms with E-state index >= 15 is 0 Å². The summed E-state index contributed by atoms with van der Waals surface area (Å²) < 4.78 is 58.8. The minimum atomic E-state index is -4.69. The lowest BCUT2D eigenvalue weighted by molar-refractivity contribution is -0.391. The first-order valence-corrected chi connectivity index (χ1v) is 4.32. The zero-order chi connectivity index (χ0) is 12.0. The third kappa shape index (κ3) is 2.25. The van der Waals surface area contributed by atoms with Crippen LogP contribution >= 0.6 is 12.4 Å². The molecule has 1 aromatic carbocycles. The largest absolute Gasteiger partial charge is 0.507 e. The van der Waals surface area contributed by atoms with Gasteiger partial charge in [-0.1, -0.05) is 6.07 Å². The van der Waals surface area contributed by atoms with Crippen LogP contribution in [0.5, 0.6) is 11.5 Å². The quantitative estimate of drug-likeness (QED) is 0.800. The van der Waals surface area contributed by atoms with Crippen molar-refractivity contribution in [3.05, 3.63) is 23.8 Å². The summed E-state index contributed by atoms with van der Waals surface area (Å²) in [6.45, 7) is 0.0819. The Hall–Kier alpha value is -1.21. The van der Waals surface area contributed by atoms with Gasteiger partial charge in [0.05, 0.1) is 0 Å². The van der Waals surface area contributed by atoms with Crippen molar-refractivity contribution in [1.82, 2.24) is 0 Å². The van der Waals surface area contributed by atoms with E-state index in [0.717, 1.165) is 12.1 Å². The Morgan fingerprint density at radius 2 is 1.53 bits per heavy atom. The second-order valence-electron chi connectivity index (χ2n) is 3.22. The van der Waals surface area contributed by atoms with Gasteiger partial charge in [0.25, 0.3) is 0 Å². The molecule has 1 aromatic rings. The summed E-state index contributed by atoms with van der Waals surface area (Å²) in [6.07, 6.45) is -9.36. The molecule has 8 heteroatoms.